The normalized spacial score (nSPS) is 11.0. The van der Waals surface area contributed by atoms with Crippen LogP contribution in [0.4, 0.5) is 0 Å². The summed E-state index contributed by atoms with van der Waals surface area (Å²) in [6.07, 6.45) is 0.864. The number of benzene rings is 1. The van der Waals surface area contributed by atoms with E-state index in [1.54, 1.807) is 19.2 Å². The molecule has 3 rings (SSSR count). The first-order valence-corrected chi connectivity index (χ1v) is 10.3. The summed E-state index contributed by atoms with van der Waals surface area (Å²) in [7, 11) is 1.67. The van der Waals surface area contributed by atoms with Gasteiger partial charge in [0.2, 0.25) is 5.78 Å². The summed E-state index contributed by atoms with van der Waals surface area (Å²) in [5.41, 5.74) is 5.66. The van der Waals surface area contributed by atoms with Crippen molar-refractivity contribution in [3.05, 3.63) is 70.3 Å². The van der Waals surface area contributed by atoms with E-state index in [-0.39, 0.29) is 12.4 Å². The lowest BCUT2D eigenvalue weighted by atomic mass is 10.1. The van der Waals surface area contributed by atoms with Gasteiger partial charge in [0.05, 0.1) is 16.9 Å². The van der Waals surface area contributed by atoms with Crippen LogP contribution in [0.1, 0.15) is 49.9 Å². The Kier molecular flexibility index (Phi) is 7.07. The van der Waals surface area contributed by atoms with Crippen molar-refractivity contribution in [2.75, 3.05) is 20.3 Å². The summed E-state index contributed by atoms with van der Waals surface area (Å²) >= 11 is 0. The quantitative estimate of drug-likeness (QED) is 0.296. The van der Waals surface area contributed by atoms with Crippen molar-refractivity contribution in [1.29, 1.82) is 0 Å². The molecule has 0 N–H and O–H groups in total. The van der Waals surface area contributed by atoms with Crippen LogP contribution in [-0.4, -0.2) is 46.4 Å². The summed E-state index contributed by atoms with van der Waals surface area (Å²) in [5.74, 6) is -0.735. The molecule has 31 heavy (non-hydrogen) atoms. The molecule has 3 aromatic rings. The van der Waals surface area contributed by atoms with Gasteiger partial charge in [-0.15, -0.1) is 0 Å². The lowest BCUT2D eigenvalue weighted by Crippen LogP contribution is -2.15. The molecule has 0 aliphatic rings. The molecule has 0 atom stereocenters. The molecule has 1 aromatic carbocycles. The van der Waals surface area contributed by atoms with Gasteiger partial charge >= 0.3 is 5.97 Å². The van der Waals surface area contributed by atoms with E-state index < -0.39 is 5.97 Å². The Morgan fingerprint density at radius 1 is 1.00 bits per heavy atom. The molecule has 0 saturated heterocycles. The fourth-order valence-electron chi connectivity index (χ4n) is 3.72. The summed E-state index contributed by atoms with van der Waals surface area (Å²) in [5, 5.41) is 4.44. The van der Waals surface area contributed by atoms with E-state index in [1.807, 2.05) is 56.6 Å². The first-order chi connectivity index (χ1) is 14.8. The average Bonchev–Trinajstić information content (AvgIpc) is 3.24. The molecule has 0 radical (unpaired) electrons. The number of aryl methyl sites for hydroxylation is 3. The largest absolute Gasteiger partial charge is 0.454 e. The van der Waals surface area contributed by atoms with Gasteiger partial charge in [0.25, 0.3) is 0 Å². The fraction of sp³-hybridized carbons (Fsp3) is 0.375. The first-order valence-electron chi connectivity index (χ1n) is 10.3. The molecule has 0 aliphatic heterocycles. The first kappa shape index (κ1) is 22.5. The lowest BCUT2D eigenvalue weighted by Gasteiger charge is -2.09. The highest BCUT2D eigenvalue weighted by atomic mass is 16.5. The minimum absolute atomic E-state index is 0.210. The summed E-state index contributed by atoms with van der Waals surface area (Å²) in [4.78, 5) is 25.1. The third-order valence-electron chi connectivity index (χ3n) is 5.30. The molecule has 7 nitrogen and oxygen atoms in total. The van der Waals surface area contributed by atoms with Crippen molar-refractivity contribution in [2.24, 2.45) is 0 Å². The molecule has 2 aromatic heterocycles. The van der Waals surface area contributed by atoms with Crippen LogP contribution in [0.5, 0.6) is 0 Å². The lowest BCUT2D eigenvalue weighted by molar-refractivity contribution is 0.0474. The highest BCUT2D eigenvalue weighted by molar-refractivity contribution is 6.00. The van der Waals surface area contributed by atoms with Crippen LogP contribution in [0.2, 0.25) is 0 Å². The van der Waals surface area contributed by atoms with Crippen LogP contribution < -0.4 is 0 Å². The molecule has 0 aliphatic carbocycles. The summed E-state index contributed by atoms with van der Waals surface area (Å²) in [6, 6.07) is 10.8. The van der Waals surface area contributed by atoms with Crippen LogP contribution in [0.3, 0.4) is 0 Å². The molecule has 2 heterocycles. The van der Waals surface area contributed by atoms with E-state index in [1.165, 1.54) is 0 Å². The van der Waals surface area contributed by atoms with Crippen LogP contribution in [0, 0.1) is 27.7 Å². The van der Waals surface area contributed by atoms with Crippen molar-refractivity contribution >= 4 is 11.8 Å². The summed E-state index contributed by atoms with van der Waals surface area (Å²) < 4.78 is 14.3. The Balaban J connectivity index is 1.62. The van der Waals surface area contributed by atoms with E-state index in [0.29, 0.717) is 17.7 Å². The fourth-order valence-corrected chi connectivity index (χ4v) is 3.72. The number of aromatic nitrogens is 3. The van der Waals surface area contributed by atoms with Gasteiger partial charge < -0.3 is 14.0 Å². The number of carbonyl (C=O) groups excluding carboxylic acids is 2. The number of ketones is 1. The maximum atomic E-state index is 12.6. The molecular weight excluding hydrogens is 394 g/mol. The van der Waals surface area contributed by atoms with Crippen molar-refractivity contribution in [1.82, 2.24) is 14.3 Å². The molecule has 164 valence electrons. The highest BCUT2D eigenvalue weighted by Crippen LogP contribution is 2.17. The number of hydrogen-bond donors (Lipinski definition) is 0. The second kappa shape index (κ2) is 9.75. The van der Waals surface area contributed by atoms with Crippen LogP contribution in [0.25, 0.3) is 5.69 Å². The highest BCUT2D eigenvalue weighted by Gasteiger charge is 2.18. The number of rotatable bonds is 9. The molecule has 7 heteroatoms. The van der Waals surface area contributed by atoms with Gasteiger partial charge in [0, 0.05) is 42.9 Å². The molecular formula is C24H29N3O4. The van der Waals surface area contributed by atoms with Crippen molar-refractivity contribution in [3.8, 4) is 5.69 Å². The molecule has 0 saturated carbocycles. The number of ether oxygens (including phenoxy) is 2. The SMILES string of the molecule is COCCCn1c(C)cc(C(=O)COC(=O)c2ccc(-n3nc(C)cc3C)cc2)c1C. The number of hydrogen-bond acceptors (Lipinski definition) is 5. The minimum Gasteiger partial charge on any atom is -0.454 e. The topological polar surface area (TPSA) is 75.3 Å². The van der Waals surface area contributed by atoms with Gasteiger partial charge in [0.1, 0.15) is 0 Å². The maximum absolute atomic E-state index is 12.6. The van der Waals surface area contributed by atoms with E-state index in [0.717, 1.165) is 41.4 Å². The third kappa shape index (κ3) is 5.11. The Labute approximate surface area is 182 Å². The average molecular weight is 424 g/mol. The monoisotopic (exact) mass is 423 g/mol. The van der Waals surface area contributed by atoms with Gasteiger partial charge in [-0.25, -0.2) is 9.48 Å². The van der Waals surface area contributed by atoms with Crippen LogP contribution >= 0.6 is 0 Å². The van der Waals surface area contributed by atoms with Gasteiger partial charge in [0.15, 0.2) is 6.61 Å². The van der Waals surface area contributed by atoms with E-state index in [9.17, 15) is 9.59 Å². The molecule has 0 amide bonds. The van der Waals surface area contributed by atoms with Crippen molar-refractivity contribution in [2.45, 2.75) is 40.7 Å². The van der Waals surface area contributed by atoms with Crippen molar-refractivity contribution in [3.63, 3.8) is 0 Å². The number of carbonyl (C=O) groups is 2. The number of Topliss-reactive ketones (excluding diaryl/α,β-unsaturated/α-hetero) is 1. The van der Waals surface area contributed by atoms with E-state index >= 15 is 0 Å². The second-order valence-corrected chi connectivity index (χ2v) is 7.67. The van der Waals surface area contributed by atoms with Gasteiger partial charge in [-0.2, -0.15) is 5.10 Å². The van der Waals surface area contributed by atoms with Crippen LogP contribution in [-0.2, 0) is 16.0 Å². The van der Waals surface area contributed by atoms with E-state index in [4.69, 9.17) is 9.47 Å². The Morgan fingerprint density at radius 2 is 1.71 bits per heavy atom. The smallest absolute Gasteiger partial charge is 0.338 e. The number of methoxy groups -OCH3 is 1. The Morgan fingerprint density at radius 3 is 2.32 bits per heavy atom. The standard InChI is InChI=1S/C24H29N3O4/c1-16-13-18(3)27(25-16)21-9-7-20(8-10-21)24(29)31-15-23(28)22-14-17(2)26(19(22)4)11-6-12-30-5/h7-10,13-14H,6,11-12,15H2,1-5H3. The Bertz CT molecular complexity index is 1080. The Hall–Kier alpha value is -3.19. The van der Waals surface area contributed by atoms with Gasteiger partial charge in [-0.1, -0.05) is 0 Å². The van der Waals surface area contributed by atoms with E-state index in [2.05, 4.69) is 9.67 Å². The molecule has 0 fully saturated rings. The predicted octanol–water partition coefficient (Wildman–Crippen LogP) is 3.98. The predicted molar refractivity (Wildman–Crippen MR) is 118 cm³/mol. The van der Waals surface area contributed by atoms with Gasteiger partial charge in [-0.3, -0.25) is 4.79 Å². The molecule has 0 bridgehead atoms. The van der Waals surface area contributed by atoms with Crippen LogP contribution in [0.15, 0.2) is 36.4 Å². The third-order valence-corrected chi connectivity index (χ3v) is 5.30. The zero-order valence-electron chi connectivity index (χ0n) is 18.8. The minimum atomic E-state index is -0.526. The summed E-state index contributed by atoms with van der Waals surface area (Å²) in [6.45, 7) is 8.93. The number of nitrogens with zero attached hydrogens (tertiary/aromatic N) is 3. The maximum Gasteiger partial charge on any atom is 0.338 e. The second-order valence-electron chi connectivity index (χ2n) is 7.67. The molecule has 0 spiro atoms. The molecule has 0 unspecified atom stereocenters. The van der Waals surface area contributed by atoms with Gasteiger partial charge in [-0.05, 0) is 70.5 Å². The van der Waals surface area contributed by atoms with Crippen molar-refractivity contribution < 1.29 is 19.1 Å². The number of esters is 1. The zero-order chi connectivity index (χ0) is 22.5. The zero-order valence-corrected chi connectivity index (χ0v) is 18.8.